The second kappa shape index (κ2) is 6.91. The third-order valence-corrected chi connectivity index (χ3v) is 4.18. The fourth-order valence-electron chi connectivity index (χ4n) is 2.71. The van der Waals surface area contributed by atoms with Crippen LogP contribution in [0.25, 0.3) is 16.9 Å². The molecule has 4 aromatic rings. The fourth-order valence-corrected chi connectivity index (χ4v) is 2.93. The Morgan fingerprint density at radius 3 is 2.76 bits per heavy atom. The van der Waals surface area contributed by atoms with Crippen LogP contribution in [-0.4, -0.2) is 26.1 Å². The van der Waals surface area contributed by atoms with Crippen LogP contribution in [0.15, 0.2) is 67.1 Å². The summed E-state index contributed by atoms with van der Waals surface area (Å²) in [5, 5.41) is 8.78. The lowest BCUT2D eigenvalue weighted by Crippen LogP contribution is -2.08. The van der Waals surface area contributed by atoms with Gasteiger partial charge in [0.1, 0.15) is 5.82 Å². The third-order valence-electron chi connectivity index (χ3n) is 3.95. The number of imidazole rings is 1. The molecule has 5 nitrogen and oxygen atoms in total. The molecule has 0 aliphatic rings. The van der Waals surface area contributed by atoms with Gasteiger partial charge in [-0.05, 0) is 48.4 Å². The van der Waals surface area contributed by atoms with E-state index in [4.69, 9.17) is 11.6 Å². The van der Waals surface area contributed by atoms with Crippen molar-refractivity contribution in [1.82, 2.24) is 19.6 Å². The van der Waals surface area contributed by atoms with Crippen molar-refractivity contribution in [2.24, 2.45) is 0 Å². The van der Waals surface area contributed by atoms with Gasteiger partial charge in [0.05, 0.1) is 11.9 Å². The van der Waals surface area contributed by atoms with E-state index in [0.717, 1.165) is 40.7 Å². The number of halogens is 1. The molecule has 1 aromatic carbocycles. The van der Waals surface area contributed by atoms with E-state index in [0.29, 0.717) is 0 Å². The zero-order valence-corrected chi connectivity index (χ0v) is 14.2. The van der Waals surface area contributed by atoms with Crippen LogP contribution in [0.4, 0.5) is 5.82 Å². The Bertz CT molecular complexity index is 997. The zero-order chi connectivity index (χ0) is 17.1. The predicted molar refractivity (Wildman–Crippen MR) is 99.9 cm³/mol. The summed E-state index contributed by atoms with van der Waals surface area (Å²) < 4.78 is 1.84. The molecule has 124 valence electrons. The van der Waals surface area contributed by atoms with Gasteiger partial charge in [0, 0.05) is 29.5 Å². The van der Waals surface area contributed by atoms with Crippen molar-refractivity contribution in [3.63, 3.8) is 0 Å². The molecule has 0 saturated carbocycles. The van der Waals surface area contributed by atoms with Crippen molar-refractivity contribution in [3.8, 4) is 11.3 Å². The van der Waals surface area contributed by atoms with Crippen molar-refractivity contribution in [3.05, 3.63) is 77.7 Å². The van der Waals surface area contributed by atoms with Gasteiger partial charge in [-0.2, -0.15) is 0 Å². The summed E-state index contributed by atoms with van der Waals surface area (Å²) in [6, 6.07) is 15.7. The molecular formula is C19H16ClN5. The minimum Gasteiger partial charge on any atom is -0.368 e. The largest absolute Gasteiger partial charge is 0.368 e. The molecule has 25 heavy (non-hydrogen) atoms. The molecule has 0 unspecified atom stereocenters. The molecule has 1 N–H and O–H groups in total. The van der Waals surface area contributed by atoms with E-state index in [9.17, 15) is 0 Å². The summed E-state index contributed by atoms with van der Waals surface area (Å²) in [6.45, 7) is 0.776. The van der Waals surface area contributed by atoms with E-state index in [1.165, 1.54) is 5.56 Å². The smallest absolute Gasteiger partial charge is 0.154 e. The van der Waals surface area contributed by atoms with E-state index in [2.05, 4.69) is 26.4 Å². The van der Waals surface area contributed by atoms with Gasteiger partial charge in [-0.1, -0.05) is 23.7 Å². The minimum atomic E-state index is 0.762. The Morgan fingerprint density at radius 2 is 1.92 bits per heavy atom. The summed E-state index contributed by atoms with van der Waals surface area (Å²) in [5.74, 6) is 0.808. The van der Waals surface area contributed by atoms with Gasteiger partial charge in [0.25, 0.3) is 0 Å². The molecule has 3 aromatic heterocycles. The first-order chi connectivity index (χ1) is 12.3. The monoisotopic (exact) mass is 349 g/mol. The Morgan fingerprint density at radius 1 is 1.04 bits per heavy atom. The molecule has 0 saturated heterocycles. The van der Waals surface area contributed by atoms with Gasteiger partial charge in [0.15, 0.2) is 5.65 Å². The Labute approximate surface area is 150 Å². The highest BCUT2D eigenvalue weighted by atomic mass is 35.5. The van der Waals surface area contributed by atoms with Crippen LogP contribution in [0, 0.1) is 0 Å². The van der Waals surface area contributed by atoms with Gasteiger partial charge in [-0.25, -0.2) is 9.50 Å². The first kappa shape index (κ1) is 15.6. The van der Waals surface area contributed by atoms with Crippen molar-refractivity contribution in [1.29, 1.82) is 0 Å². The SMILES string of the molecule is Clc1cccc(CCNc2ccc3ncc(-c4ccncc4)n3n2)c1. The molecule has 3 heterocycles. The maximum atomic E-state index is 6.02. The lowest BCUT2D eigenvalue weighted by atomic mass is 10.1. The lowest BCUT2D eigenvalue weighted by Gasteiger charge is -2.07. The van der Waals surface area contributed by atoms with Gasteiger partial charge in [-0.15, -0.1) is 5.10 Å². The fraction of sp³-hybridized carbons (Fsp3) is 0.105. The molecule has 0 aliphatic carbocycles. The molecule has 0 spiro atoms. The standard InChI is InChI=1S/C19H16ClN5/c20-16-3-1-2-14(12-16)6-11-22-18-4-5-19-23-13-17(25(19)24-18)15-7-9-21-10-8-15/h1-5,7-10,12-13H,6,11H2,(H,22,24). The highest BCUT2D eigenvalue weighted by Crippen LogP contribution is 2.20. The number of fused-ring (bicyclic) bond motifs is 1. The lowest BCUT2D eigenvalue weighted by molar-refractivity contribution is 0.920. The maximum absolute atomic E-state index is 6.02. The average Bonchev–Trinajstić information content (AvgIpc) is 3.06. The highest BCUT2D eigenvalue weighted by Gasteiger charge is 2.07. The van der Waals surface area contributed by atoms with Crippen molar-refractivity contribution >= 4 is 23.1 Å². The summed E-state index contributed by atoms with van der Waals surface area (Å²) in [6.07, 6.45) is 6.23. The molecule has 4 rings (SSSR count). The van der Waals surface area contributed by atoms with Crippen LogP contribution in [0.3, 0.4) is 0 Å². The number of aromatic nitrogens is 4. The number of nitrogens with one attached hydrogen (secondary N) is 1. The number of benzene rings is 1. The van der Waals surface area contributed by atoms with Crippen LogP contribution >= 0.6 is 11.6 Å². The number of hydrogen-bond donors (Lipinski definition) is 1. The highest BCUT2D eigenvalue weighted by molar-refractivity contribution is 6.30. The molecule has 0 radical (unpaired) electrons. The number of rotatable bonds is 5. The number of anilines is 1. The Balaban J connectivity index is 1.53. The van der Waals surface area contributed by atoms with Crippen molar-refractivity contribution in [2.45, 2.75) is 6.42 Å². The third kappa shape index (κ3) is 3.46. The van der Waals surface area contributed by atoms with Gasteiger partial charge >= 0.3 is 0 Å². The summed E-state index contributed by atoms with van der Waals surface area (Å²) >= 11 is 6.02. The molecule has 0 atom stereocenters. The second-order valence-electron chi connectivity index (χ2n) is 5.67. The maximum Gasteiger partial charge on any atom is 0.154 e. The first-order valence-corrected chi connectivity index (χ1v) is 8.41. The van der Waals surface area contributed by atoms with Crippen LogP contribution < -0.4 is 5.32 Å². The summed E-state index contributed by atoms with van der Waals surface area (Å²) in [4.78, 5) is 8.47. The summed E-state index contributed by atoms with van der Waals surface area (Å²) in [7, 11) is 0. The predicted octanol–water partition coefficient (Wildman–Crippen LogP) is 4.10. The Kier molecular flexibility index (Phi) is 4.31. The van der Waals surface area contributed by atoms with E-state index < -0.39 is 0 Å². The van der Waals surface area contributed by atoms with Gasteiger partial charge in [-0.3, -0.25) is 4.98 Å². The van der Waals surface area contributed by atoms with Crippen molar-refractivity contribution in [2.75, 3.05) is 11.9 Å². The van der Waals surface area contributed by atoms with Crippen LogP contribution in [0.1, 0.15) is 5.56 Å². The number of pyridine rings is 1. The zero-order valence-electron chi connectivity index (χ0n) is 13.4. The van der Waals surface area contributed by atoms with Gasteiger partial charge < -0.3 is 5.32 Å². The first-order valence-electron chi connectivity index (χ1n) is 8.03. The average molecular weight is 350 g/mol. The van der Waals surface area contributed by atoms with E-state index in [-0.39, 0.29) is 0 Å². The minimum absolute atomic E-state index is 0.762. The van der Waals surface area contributed by atoms with Crippen LogP contribution in [0.2, 0.25) is 5.02 Å². The summed E-state index contributed by atoms with van der Waals surface area (Å²) in [5.41, 5.74) is 3.98. The molecule has 0 fully saturated rings. The molecule has 0 bridgehead atoms. The van der Waals surface area contributed by atoms with E-state index in [1.54, 1.807) is 12.4 Å². The van der Waals surface area contributed by atoms with Crippen LogP contribution in [-0.2, 0) is 6.42 Å². The quantitative estimate of drug-likeness (QED) is 0.589. The van der Waals surface area contributed by atoms with Crippen molar-refractivity contribution < 1.29 is 0 Å². The second-order valence-corrected chi connectivity index (χ2v) is 6.11. The van der Waals surface area contributed by atoms with E-state index >= 15 is 0 Å². The molecular weight excluding hydrogens is 334 g/mol. The van der Waals surface area contributed by atoms with E-state index in [1.807, 2.05) is 53.2 Å². The normalized spacial score (nSPS) is 10.9. The van der Waals surface area contributed by atoms with Gasteiger partial charge in [0.2, 0.25) is 0 Å². The number of hydrogen-bond acceptors (Lipinski definition) is 4. The van der Waals surface area contributed by atoms with Crippen LogP contribution in [0.5, 0.6) is 0 Å². The number of nitrogens with zero attached hydrogens (tertiary/aromatic N) is 4. The molecule has 0 amide bonds. The Hall–Kier alpha value is -2.92. The molecule has 6 heteroatoms. The topological polar surface area (TPSA) is 55.1 Å². The molecule has 0 aliphatic heterocycles.